The maximum Gasteiger partial charge on any atom is 0.163 e. The molecule has 7 heteroatoms. The summed E-state index contributed by atoms with van der Waals surface area (Å²) in [5, 5.41) is 4.64. The molecule has 0 amide bonds. The molecule has 24 heavy (non-hydrogen) atoms. The molecule has 2 aromatic rings. The number of aryl methyl sites for hydroxylation is 1. The number of hydrogen-bond donors (Lipinski definition) is 0. The molecule has 2 heterocycles. The summed E-state index contributed by atoms with van der Waals surface area (Å²) in [6, 6.07) is 5.77. The van der Waals surface area contributed by atoms with Crippen LogP contribution >= 0.6 is 0 Å². The van der Waals surface area contributed by atoms with Gasteiger partial charge in [-0.05, 0) is 12.1 Å². The van der Waals surface area contributed by atoms with Crippen molar-refractivity contribution in [2.75, 3.05) is 24.7 Å². The highest BCUT2D eigenvalue weighted by molar-refractivity contribution is 7.84. The van der Waals surface area contributed by atoms with E-state index in [1.165, 1.54) is 0 Å². The first-order valence-electron chi connectivity index (χ1n) is 8.29. The summed E-state index contributed by atoms with van der Waals surface area (Å²) in [5.41, 5.74) is 0.885. The van der Waals surface area contributed by atoms with Gasteiger partial charge in [-0.25, -0.2) is 9.67 Å². The summed E-state index contributed by atoms with van der Waals surface area (Å²) in [6.07, 6.45) is 0.634. The topological polar surface area (TPSA) is 66.2 Å². The Hall–Kier alpha value is -1.89. The van der Waals surface area contributed by atoms with E-state index >= 15 is 0 Å². The van der Waals surface area contributed by atoms with Crippen LogP contribution in [0.4, 0.5) is 0 Å². The first-order chi connectivity index (χ1) is 11.6. The predicted molar refractivity (Wildman–Crippen MR) is 93.7 cm³/mol. The fourth-order valence-corrected chi connectivity index (χ4v) is 3.19. The Labute approximate surface area is 144 Å². The maximum atomic E-state index is 11.8. The Bertz CT molecular complexity index is 743. The van der Waals surface area contributed by atoms with E-state index in [0.717, 1.165) is 28.8 Å². The number of fused-ring (bicyclic) bond motifs is 1. The molecule has 1 atom stereocenters. The van der Waals surface area contributed by atoms with Gasteiger partial charge in [0, 0.05) is 40.7 Å². The minimum absolute atomic E-state index is 0.235. The molecular weight excluding hydrogens is 326 g/mol. The number of aromatic nitrogens is 3. The Balaban J connectivity index is 1.94. The Morgan fingerprint density at radius 1 is 1.25 bits per heavy atom. The Morgan fingerprint density at radius 2 is 2.00 bits per heavy atom. The zero-order valence-corrected chi connectivity index (χ0v) is 15.1. The third kappa shape index (κ3) is 3.61. The van der Waals surface area contributed by atoms with Crippen LogP contribution in [-0.2, 0) is 17.2 Å². The van der Waals surface area contributed by atoms with Crippen molar-refractivity contribution in [3.05, 3.63) is 29.8 Å². The fraction of sp³-hybridized carbons (Fsp3) is 0.529. The minimum atomic E-state index is -0.821. The maximum absolute atomic E-state index is 11.8. The largest absolute Gasteiger partial charge is 0.486 e. The second-order valence-corrected chi connectivity index (χ2v) is 7.83. The second kappa shape index (κ2) is 7.34. The van der Waals surface area contributed by atoms with Crippen molar-refractivity contribution >= 4 is 10.8 Å². The third-order valence-corrected chi connectivity index (χ3v) is 5.16. The lowest BCUT2D eigenvalue weighted by atomic mass is 10.2. The second-order valence-electron chi connectivity index (χ2n) is 5.96. The average Bonchev–Trinajstić information content (AvgIpc) is 3.03. The van der Waals surface area contributed by atoms with Gasteiger partial charge in [0.2, 0.25) is 0 Å². The van der Waals surface area contributed by atoms with Gasteiger partial charge in [0.05, 0.1) is 5.69 Å². The molecular formula is C17H23N3O3S. The number of benzene rings is 1. The molecule has 0 saturated carbocycles. The molecule has 3 rings (SSSR count). The zero-order chi connectivity index (χ0) is 17.1. The predicted octanol–water partition coefficient (Wildman–Crippen LogP) is 2.47. The molecule has 0 radical (unpaired) electrons. The normalized spacial score (nSPS) is 14.8. The smallest absolute Gasteiger partial charge is 0.163 e. The average molecular weight is 349 g/mol. The fourth-order valence-electron chi connectivity index (χ4n) is 2.49. The molecule has 1 aromatic carbocycles. The minimum Gasteiger partial charge on any atom is -0.486 e. The Kier molecular flexibility index (Phi) is 5.18. The lowest BCUT2D eigenvalue weighted by Crippen LogP contribution is -2.16. The van der Waals surface area contributed by atoms with Gasteiger partial charge in [0.15, 0.2) is 17.3 Å². The Morgan fingerprint density at radius 3 is 2.71 bits per heavy atom. The van der Waals surface area contributed by atoms with Crippen LogP contribution in [0.2, 0.25) is 0 Å². The van der Waals surface area contributed by atoms with Gasteiger partial charge in [-0.2, -0.15) is 5.10 Å². The van der Waals surface area contributed by atoms with Crippen molar-refractivity contribution in [2.45, 2.75) is 33.1 Å². The number of hydrogen-bond acceptors (Lipinski definition) is 5. The molecule has 0 bridgehead atoms. The molecule has 0 spiro atoms. The lowest BCUT2D eigenvalue weighted by molar-refractivity contribution is 0.171. The van der Waals surface area contributed by atoms with E-state index in [9.17, 15) is 4.21 Å². The van der Waals surface area contributed by atoms with Gasteiger partial charge in [0.25, 0.3) is 0 Å². The van der Waals surface area contributed by atoms with Crippen LogP contribution in [0.5, 0.6) is 11.5 Å². The van der Waals surface area contributed by atoms with E-state index in [2.05, 4.69) is 23.9 Å². The number of rotatable bonds is 6. The summed E-state index contributed by atoms with van der Waals surface area (Å²) in [5.74, 6) is 4.59. The SMILES string of the molecule is CCS(=O)CCc1nc(C(C)C)nn1-c1ccc2c(c1)OCCO2. The number of ether oxygens (including phenoxy) is 2. The summed E-state index contributed by atoms with van der Waals surface area (Å²) in [4.78, 5) is 4.65. The molecule has 1 aliphatic heterocycles. The lowest BCUT2D eigenvalue weighted by Gasteiger charge is -2.19. The van der Waals surface area contributed by atoms with Crippen LogP contribution in [0.25, 0.3) is 5.69 Å². The van der Waals surface area contributed by atoms with Crippen LogP contribution in [0, 0.1) is 0 Å². The molecule has 0 saturated heterocycles. The van der Waals surface area contributed by atoms with E-state index in [1.807, 2.05) is 29.8 Å². The zero-order valence-electron chi connectivity index (χ0n) is 14.3. The van der Waals surface area contributed by atoms with Crippen molar-refractivity contribution in [3.8, 4) is 17.2 Å². The van der Waals surface area contributed by atoms with Crippen LogP contribution in [0.3, 0.4) is 0 Å². The highest BCUT2D eigenvalue weighted by Gasteiger charge is 2.18. The van der Waals surface area contributed by atoms with Crippen LogP contribution in [-0.4, -0.2) is 43.7 Å². The van der Waals surface area contributed by atoms with Crippen molar-refractivity contribution in [2.24, 2.45) is 0 Å². The van der Waals surface area contributed by atoms with E-state index in [-0.39, 0.29) is 5.92 Å². The molecule has 1 aromatic heterocycles. The van der Waals surface area contributed by atoms with E-state index in [4.69, 9.17) is 9.47 Å². The van der Waals surface area contributed by atoms with Crippen LogP contribution in [0.15, 0.2) is 18.2 Å². The van der Waals surface area contributed by atoms with Crippen LogP contribution < -0.4 is 9.47 Å². The highest BCUT2D eigenvalue weighted by atomic mass is 32.2. The summed E-state index contributed by atoms with van der Waals surface area (Å²) < 4.78 is 24.8. The van der Waals surface area contributed by atoms with E-state index in [0.29, 0.717) is 31.1 Å². The monoisotopic (exact) mass is 349 g/mol. The van der Waals surface area contributed by atoms with Gasteiger partial charge in [-0.15, -0.1) is 0 Å². The molecule has 130 valence electrons. The van der Waals surface area contributed by atoms with E-state index < -0.39 is 10.8 Å². The van der Waals surface area contributed by atoms with Gasteiger partial charge >= 0.3 is 0 Å². The van der Waals surface area contributed by atoms with Crippen molar-refractivity contribution < 1.29 is 13.7 Å². The first-order valence-corrected chi connectivity index (χ1v) is 9.78. The van der Waals surface area contributed by atoms with Gasteiger partial charge in [-0.1, -0.05) is 20.8 Å². The molecule has 0 N–H and O–H groups in total. The third-order valence-electron chi connectivity index (χ3n) is 3.85. The van der Waals surface area contributed by atoms with Gasteiger partial charge in [0.1, 0.15) is 19.0 Å². The first kappa shape index (κ1) is 17.0. The highest BCUT2D eigenvalue weighted by Crippen LogP contribution is 2.32. The number of nitrogens with zero attached hydrogens (tertiary/aromatic N) is 3. The van der Waals surface area contributed by atoms with Crippen LogP contribution in [0.1, 0.15) is 38.3 Å². The quantitative estimate of drug-likeness (QED) is 0.801. The summed E-state index contributed by atoms with van der Waals surface area (Å²) in [6.45, 7) is 7.19. The van der Waals surface area contributed by atoms with Crippen molar-refractivity contribution in [1.82, 2.24) is 14.8 Å². The molecule has 1 aliphatic rings. The summed E-state index contributed by atoms with van der Waals surface area (Å²) in [7, 11) is -0.821. The van der Waals surface area contributed by atoms with E-state index in [1.54, 1.807) is 0 Å². The molecule has 1 unspecified atom stereocenters. The molecule has 6 nitrogen and oxygen atoms in total. The molecule has 0 aliphatic carbocycles. The molecule has 0 fully saturated rings. The van der Waals surface area contributed by atoms with Gasteiger partial charge < -0.3 is 9.47 Å². The van der Waals surface area contributed by atoms with Gasteiger partial charge in [-0.3, -0.25) is 4.21 Å². The van der Waals surface area contributed by atoms with Crippen molar-refractivity contribution in [1.29, 1.82) is 0 Å². The summed E-state index contributed by atoms with van der Waals surface area (Å²) >= 11 is 0. The standard InChI is InChI=1S/C17H23N3O3S/c1-4-24(21)10-7-16-18-17(12(2)3)19-20(16)13-5-6-14-15(11-13)23-9-8-22-14/h5-6,11-12H,4,7-10H2,1-3H3. The van der Waals surface area contributed by atoms with Crippen molar-refractivity contribution in [3.63, 3.8) is 0 Å².